The molecule has 2 aromatic rings. The molecule has 0 aliphatic rings. The molecule has 0 fully saturated rings. The fourth-order valence-corrected chi connectivity index (χ4v) is 2.15. The molecule has 0 aliphatic carbocycles. The van der Waals surface area contributed by atoms with Crippen LogP contribution in [0, 0.1) is 10.1 Å². The summed E-state index contributed by atoms with van der Waals surface area (Å²) in [5.74, 6) is -0.737. The van der Waals surface area contributed by atoms with E-state index < -0.39 is 10.8 Å². The predicted molar refractivity (Wildman–Crippen MR) is 82.5 cm³/mol. The molecule has 112 valence electrons. The first kappa shape index (κ1) is 15.7. The number of non-ortho nitro benzene ring substituents is 1. The van der Waals surface area contributed by atoms with Gasteiger partial charge in [0.2, 0.25) is 0 Å². The number of nitro groups is 1. The van der Waals surface area contributed by atoms with Gasteiger partial charge >= 0.3 is 0 Å². The van der Waals surface area contributed by atoms with Crippen LogP contribution in [0.15, 0.2) is 42.5 Å². The van der Waals surface area contributed by atoms with E-state index in [-0.39, 0.29) is 22.1 Å². The third kappa shape index (κ3) is 3.29. The van der Waals surface area contributed by atoms with Crippen molar-refractivity contribution in [2.45, 2.75) is 6.92 Å². The molecule has 0 saturated carbocycles. The zero-order valence-corrected chi connectivity index (χ0v) is 12.3. The minimum absolute atomic E-state index is 0.0352. The monoisotopic (exact) mass is 318 g/mol. The molecular formula is C15H11ClN2O4. The van der Waals surface area contributed by atoms with Crippen LogP contribution in [0.4, 0.5) is 11.4 Å². The van der Waals surface area contributed by atoms with Gasteiger partial charge in [0.25, 0.3) is 11.6 Å². The van der Waals surface area contributed by atoms with Crippen LogP contribution in [-0.2, 0) is 0 Å². The first-order valence-corrected chi connectivity index (χ1v) is 6.63. The summed E-state index contributed by atoms with van der Waals surface area (Å²) in [5, 5.41) is 13.2. The van der Waals surface area contributed by atoms with Gasteiger partial charge in [0.15, 0.2) is 5.78 Å². The lowest BCUT2D eigenvalue weighted by Crippen LogP contribution is -2.14. The molecule has 0 atom stereocenters. The second kappa shape index (κ2) is 6.36. The van der Waals surface area contributed by atoms with Crippen molar-refractivity contribution >= 4 is 34.7 Å². The summed E-state index contributed by atoms with van der Waals surface area (Å²) in [6, 6.07) is 10.1. The van der Waals surface area contributed by atoms with Gasteiger partial charge in [-0.25, -0.2) is 0 Å². The normalized spacial score (nSPS) is 10.1. The third-order valence-electron chi connectivity index (χ3n) is 2.96. The maximum Gasteiger partial charge on any atom is 0.270 e. The number of Topliss-reactive ketones (excluding diaryl/α,β-unsaturated/α-hetero) is 1. The van der Waals surface area contributed by atoms with Crippen molar-refractivity contribution in [3.05, 3.63) is 68.7 Å². The predicted octanol–water partition coefficient (Wildman–Crippen LogP) is 3.70. The number of anilines is 1. The van der Waals surface area contributed by atoms with Crippen LogP contribution in [0.3, 0.4) is 0 Å². The molecule has 0 heterocycles. The summed E-state index contributed by atoms with van der Waals surface area (Å²) < 4.78 is 0. The summed E-state index contributed by atoms with van der Waals surface area (Å²) in [7, 11) is 0. The number of nitro benzene ring substituents is 1. The van der Waals surface area contributed by atoms with Crippen molar-refractivity contribution < 1.29 is 14.5 Å². The van der Waals surface area contributed by atoms with Gasteiger partial charge in [-0.2, -0.15) is 0 Å². The number of amides is 1. The second-order valence-corrected chi connectivity index (χ2v) is 4.88. The topological polar surface area (TPSA) is 89.3 Å². The highest BCUT2D eigenvalue weighted by Crippen LogP contribution is 2.24. The molecule has 0 unspecified atom stereocenters. The molecular weight excluding hydrogens is 308 g/mol. The fraction of sp³-hybridized carbons (Fsp3) is 0.0667. The highest BCUT2D eigenvalue weighted by molar-refractivity contribution is 6.34. The molecule has 2 aromatic carbocycles. The van der Waals surface area contributed by atoms with Crippen molar-refractivity contribution in [3.8, 4) is 0 Å². The smallest absolute Gasteiger partial charge is 0.270 e. The van der Waals surface area contributed by atoms with E-state index in [1.54, 1.807) is 24.3 Å². The van der Waals surface area contributed by atoms with Gasteiger partial charge in [0.05, 0.1) is 21.2 Å². The van der Waals surface area contributed by atoms with E-state index in [1.165, 1.54) is 19.1 Å². The Morgan fingerprint density at radius 3 is 2.41 bits per heavy atom. The molecule has 0 bridgehead atoms. The zero-order valence-electron chi connectivity index (χ0n) is 11.5. The lowest BCUT2D eigenvalue weighted by Gasteiger charge is -2.09. The van der Waals surface area contributed by atoms with Crippen molar-refractivity contribution in [3.63, 3.8) is 0 Å². The fourth-order valence-electron chi connectivity index (χ4n) is 1.89. The standard InChI is InChI=1S/C15H11ClN2O4/c1-9(19)11-4-2-3-5-14(11)17-15(20)12-7-6-10(18(21)22)8-13(12)16/h2-8H,1H3,(H,17,20). The van der Waals surface area contributed by atoms with Gasteiger partial charge in [0, 0.05) is 17.7 Å². The first-order valence-electron chi connectivity index (χ1n) is 6.25. The highest BCUT2D eigenvalue weighted by Gasteiger charge is 2.16. The summed E-state index contributed by atoms with van der Waals surface area (Å²) in [6.45, 7) is 1.39. The number of carbonyl (C=O) groups is 2. The maximum atomic E-state index is 12.2. The van der Waals surface area contributed by atoms with Gasteiger partial charge in [-0.1, -0.05) is 23.7 Å². The molecule has 1 N–H and O–H groups in total. The Labute approximate surface area is 130 Å². The third-order valence-corrected chi connectivity index (χ3v) is 3.28. The largest absolute Gasteiger partial charge is 0.321 e. The SMILES string of the molecule is CC(=O)c1ccccc1NC(=O)c1ccc([N+](=O)[O-])cc1Cl. The van der Waals surface area contributed by atoms with Crippen molar-refractivity contribution in [2.75, 3.05) is 5.32 Å². The van der Waals surface area contributed by atoms with E-state index >= 15 is 0 Å². The van der Waals surface area contributed by atoms with E-state index in [1.807, 2.05) is 0 Å². The Kier molecular flexibility index (Phi) is 4.53. The summed E-state index contributed by atoms with van der Waals surface area (Å²) in [6.07, 6.45) is 0. The van der Waals surface area contributed by atoms with Gasteiger partial charge < -0.3 is 5.32 Å². The van der Waals surface area contributed by atoms with E-state index in [4.69, 9.17) is 11.6 Å². The highest BCUT2D eigenvalue weighted by atomic mass is 35.5. The van der Waals surface area contributed by atoms with Crippen LogP contribution in [0.25, 0.3) is 0 Å². The van der Waals surface area contributed by atoms with Gasteiger partial charge in [-0.05, 0) is 25.1 Å². The lowest BCUT2D eigenvalue weighted by atomic mass is 10.1. The molecule has 0 aromatic heterocycles. The van der Waals surface area contributed by atoms with E-state index in [9.17, 15) is 19.7 Å². The number of ketones is 1. The van der Waals surface area contributed by atoms with E-state index in [0.717, 1.165) is 6.07 Å². The Hall–Kier alpha value is -2.73. The number of carbonyl (C=O) groups excluding carboxylic acids is 2. The average molecular weight is 319 g/mol. The number of hydrogen-bond donors (Lipinski definition) is 1. The van der Waals surface area contributed by atoms with Crippen LogP contribution >= 0.6 is 11.6 Å². The number of benzene rings is 2. The molecule has 22 heavy (non-hydrogen) atoms. The Bertz CT molecular complexity index is 774. The molecule has 6 nitrogen and oxygen atoms in total. The molecule has 7 heteroatoms. The number of halogens is 1. The molecule has 0 radical (unpaired) electrons. The number of nitrogens with zero attached hydrogens (tertiary/aromatic N) is 1. The number of nitrogens with one attached hydrogen (secondary N) is 1. The number of para-hydroxylation sites is 1. The van der Waals surface area contributed by atoms with Crippen LogP contribution in [-0.4, -0.2) is 16.6 Å². The van der Waals surface area contributed by atoms with E-state index in [2.05, 4.69) is 5.32 Å². The van der Waals surface area contributed by atoms with Crippen molar-refractivity contribution in [1.29, 1.82) is 0 Å². The van der Waals surface area contributed by atoms with Crippen LogP contribution in [0.5, 0.6) is 0 Å². The summed E-state index contributed by atoms with van der Waals surface area (Å²) in [5.41, 5.74) is 0.611. The maximum absolute atomic E-state index is 12.2. The van der Waals surface area contributed by atoms with Gasteiger partial charge in [-0.3, -0.25) is 19.7 Å². The molecule has 0 saturated heterocycles. The molecule has 0 aliphatic heterocycles. The van der Waals surface area contributed by atoms with E-state index in [0.29, 0.717) is 11.3 Å². The Balaban J connectivity index is 2.31. The van der Waals surface area contributed by atoms with Crippen LogP contribution < -0.4 is 5.32 Å². The second-order valence-electron chi connectivity index (χ2n) is 4.48. The van der Waals surface area contributed by atoms with Gasteiger partial charge in [-0.15, -0.1) is 0 Å². The Morgan fingerprint density at radius 1 is 1.14 bits per heavy atom. The number of rotatable bonds is 4. The summed E-state index contributed by atoms with van der Waals surface area (Å²) in [4.78, 5) is 33.8. The molecule has 2 rings (SSSR count). The van der Waals surface area contributed by atoms with Crippen LogP contribution in [0.1, 0.15) is 27.6 Å². The molecule has 1 amide bonds. The minimum Gasteiger partial charge on any atom is -0.321 e. The summed E-state index contributed by atoms with van der Waals surface area (Å²) >= 11 is 5.90. The average Bonchev–Trinajstić information content (AvgIpc) is 2.47. The first-order chi connectivity index (χ1) is 10.4. The van der Waals surface area contributed by atoms with Crippen molar-refractivity contribution in [2.24, 2.45) is 0 Å². The quantitative estimate of drug-likeness (QED) is 0.528. The van der Waals surface area contributed by atoms with Gasteiger partial charge in [0.1, 0.15) is 0 Å². The zero-order chi connectivity index (χ0) is 16.3. The van der Waals surface area contributed by atoms with Crippen molar-refractivity contribution in [1.82, 2.24) is 0 Å². The minimum atomic E-state index is -0.599. The van der Waals surface area contributed by atoms with Crippen LogP contribution in [0.2, 0.25) is 5.02 Å². The lowest BCUT2D eigenvalue weighted by molar-refractivity contribution is -0.384. The number of hydrogen-bond acceptors (Lipinski definition) is 4. The Morgan fingerprint density at radius 2 is 1.82 bits per heavy atom. The molecule has 0 spiro atoms.